The molecule has 0 rings (SSSR count). The highest BCUT2D eigenvalue weighted by atomic mass is 16.7. The van der Waals surface area contributed by atoms with Gasteiger partial charge in [0, 0.05) is 51.2 Å². The summed E-state index contributed by atoms with van der Waals surface area (Å²) >= 11 is 0. The highest BCUT2D eigenvalue weighted by Gasteiger charge is 2.46. The smallest absolute Gasteiger partial charge is 0.407 e. The maximum Gasteiger partial charge on any atom is 0.407 e. The van der Waals surface area contributed by atoms with Gasteiger partial charge in [0.25, 0.3) is 0 Å². The molecule has 0 radical (unpaired) electrons. The molecule has 0 saturated carbocycles. The van der Waals surface area contributed by atoms with E-state index in [2.05, 4.69) is 43.6 Å². The third-order valence-corrected chi connectivity index (χ3v) is 18.7. The van der Waals surface area contributed by atoms with E-state index in [1.54, 1.807) is 0 Å². The summed E-state index contributed by atoms with van der Waals surface area (Å²) in [4.78, 5) is 50.2. The lowest BCUT2D eigenvalue weighted by atomic mass is 9.65. The molecule has 7 N–H and O–H groups in total. The Kier molecular flexibility index (Phi) is 54.2. The number of nitrogens with one attached hydrogen (secondary N) is 3. The molecule has 0 spiro atoms. The van der Waals surface area contributed by atoms with Crippen LogP contribution in [0.2, 0.25) is 0 Å². The average Bonchev–Trinajstić information content (AvgIpc) is 2.63. The van der Waals surface area contributed by atoms with Gasteiger partial charge in [0.2, 0.25) is 17.7 Å². The Morgan fingerprint density at radius 2 is 0.888 bits per heavy atom. The highest BCUT2D eigenvalue weighted by molar-refractivity contribution is 5.83. The van der Waals surface area contributed by atoms with Crippen LogP contribution >= 0.6 is 0 Å². The number of hydrogen-bond donors (Lipinski definition) is 6. The van der Waals surface area contributed by atoms with Gasteiger partial charge in [-0.2, -0.15) is 0 Å². The number of carbonyl (C=O) groups is 4. The fraction of sp³-hybridized carbons (Fsp3) is 0.945. The number of primary amides is 1. The van der Waals surface area contributed by atoms with Crippen molar-refractivity contribution < 1.29 is 57.8 Å². The number of nitrogens with two attached hydrogens (primary N) is 1. The predicted molar refractivity (Wildman–Crippen MR) is 366 cm³/mol. The first kappa shape index (κ1) is 86.4. The van der Waals surface area contributed by atoms with Crippen molar-refractivity contribution in [3.05, 3.63) is 0 Å². The van der Waals surface area contributed by atoms with Gasteiger partial charge in [-0.3, -0.25) is 14.4 Å². The summed E-state index contributed by atoms with van der Waals surface area (Å²) in [6.45, 7) is 22.5. The largest absolute Gasteiger partial charge is 0.444 e. The van der Waals surface area contributed by atoms with E-state index < -0.39 is 53.5 Å². The van der Waals surface area contributed by atoms with Crippen LogP contribution < -0.4 is 21.7 Å². The lowest BCUT2D eigenvalue weighted by Crippen LogP contribution is -2.61. The van der Waals surface area contributed by atoms with E-state index in [1.165, 1.54) is 180 Å². The van der Waals surface area contributed by atoms with Gasteiger partial charge in [0.15, 0.2) is 6.29 Å². The number of hydrogen-bond acceptors (Lipinski definition) is 12. The van der Waals surface area contributed by atoms with E-state index in [1.807, 2.05) is 41.5 Å². The van der Waals surface area contributed by atoms with Gasteiger partial charge in [-0.15, -0.1) is 0 Å². The Bertz CT molecular complexity index is 1640. The molecule has 0 bridgehead atoms. The molecule has 0 aliphatic carbocycles. The molecule has 0 saturated heterocycles. The first-order valence-corrected chi connectivity index (χ1v) is 36.8. The zero-order chi connectivity index (χ0) is 66.2. The lowest BCUT2D eigenvalue weighted by Gasteiger charge is -2.43. The molecule has 0 aromatic heterocycles. The number of ether oxygens (including phenoxy) is 6. The van der Waals surface area contributed by atoms with Crippen LogP contribution in [0.15, 0.2) is 0 Å². The molecule has 89 heavy (non-hydrogen) atoms. The second-order valence-electron chi connectivity index (χ2n) is 28.2. The first-order chi connectivity index (χ1) is 42.7. The van der Waals surface area contributed by atoms with Crippen LogP contribution in [0.3, 0.4) is 0 Å². The molecule has 528 valence electrons. The third kappa shape index (κ3) is 48.7. The van der Waals surface area contributed by atoms with Crippen molar-refractivity contribution >= 4 is 23.8 Å². The number of unbranched alkanes of at least 4 members (excludes halogenated alkanes) is 32. The second kappa shape index (κ2) is 55.8. The maximum atomic E-state index is 13.6. The standard InChI is InChI=1S/C73H144N4O12/c1-11-14-16-18-20-22-24-26-28-30-32-34-36-38-40-45-55-85-66(86-56-46-41-39-37-35-33-31-29-27-25-23-21-19-17-15-12-2)60-87-68(83)76-53-44-42-43-48-65(81)75-54-47-50-72(10,13-3)89-59-52-70(6,7)88-58-51-69(4,5)71(8,9)67(82)77-73(61-78,62-79)63-84-57-49-64(74)80/h66,78-79H,11-63H2,1-10H3,(H2,74,80)(H,75,81)(H,76,83)(H,77,82). The second-order valence-corrected chi connectivity index (χ2v) is 28.2. The third-order valence-electron chi connectivity index (χ3n) is 18.7. The molecule has 0 heterocycles. The minimum absolute atomic E-state index is 0.0105. The summed E-state index contributed by atoms with van der Waals surface area (Å²) < 4.78 is 36.2. The number of aliphatic hydroxyl groups is 2. The Balaban J connectivity index is 4.62. The van der Waals surface area contributed by atoms with Crippen LogP contribution in [0.25, 0.3) is 0 Å². The summed E-state index contributed by atoms with van der Waals surface area (Å²) in [7, 11) is 0. The lowest BCUT2D eigenvalue weighted by molar-refractivity contribution is -0.164. The monoisotopic (exact) mass is 1270 g/mol. The zero-order valence-corrected chi connectivity index (χ0v) is 59.6. The van der Waals surface area contributed by atoms with E-state index >= 15 is 0 Å². The fourth-order valence-electron chi connectivity index (χ4n) is 10.9. The van der Waals surface area contributed by atoms with E-state index in [0.29, 0.717) is 58.8 Å². The van der Waals surface area contributed by atoms with Crippen molar-refractivity contribution in [3.8, 4) is 0 Å². The Labute approximate surface area is 546 Å². The van der Waals surface area contributed by atoms with Crippen molar-refractivity contribution in [2.24, 2.45) is 16.6 Å². The van der Waals surface area contributed by atoms with Gasteiger partial charge in [0.05, 0.1) is 44.2 Å². The van der Waals surface area contributed by atoms with Gasteiger partial charge in [-0.25, -0.2) is 4.79 Å². The van der Waals surface area contributed by atoms with Gasteiger partial charge in [-0.05, 0) is 84.0 Å². The Morgan fingerprint density at radius 3 is 1.33 bits per heavy atom. The Morgan fingerprint density at radius 1 is 0.461 bits per heavy atom. The summed E-state index contributed by atoms with van der Waals surface area (Å²) in [5, 5.41) is 29.0. The van der Waals surface area contributed by atoms with Gasteiger partial charge in [0.1, 0.15) is 12.1 Å². The molecular weight excluding hydrogens is 1120 g/mol. The molecule has 16 nitrogen and oxygen atoms in total. The van der Waals surface area contributed by atoms with Gasteiger partial charge in [-0.1, -0.05) is 248 Å². The van der Waals surface area contributed by atoms with Crippen molar-refractivity contribution in [3.63, 3.8) is 0 Å². The van der Waals surface area contributed by atoms with Crippen molar-refractivity contribution in [2.45, 2.75) is 362 Å². The summed E-state index contributed by atoms with van der Waals surface area (Å²) in [5.74, 6) is -0.853. The number of rotatable bonds is 67. The average molecular weight is 1270 g/mol. The topological polar surface area (TPSA) is 226 Å². The van der Waals surface area contributed by atoms with Crippen molar-refractivity contribution in [1.29, 1.82) is 0 Å². The molecular formula is C73H144N4O12. The van der Waals surface area contributed by atoms with Crippen LogP contribution in [-0.2, 0) is 42.8 Å². The molecule has 0 aromatic carbocycles. The maximum absolute atomic E-state index is 13.6. The highest BCUT2D eigenvalue weighted by Crippen LogP contribution is 2.42. The van der Waals surface area contributed by atoms with Crippen LogP contribution in [0.5, 0.6) is 0 Å². The summed E-state index contributed by atoms with van der Waals surface area (Å²) in [6, 6.07) is 0. The molecule has 1 unspecified atom stereocenters. The van der Waals surface area contributed by atoms with Crippen molar-refractivity contribution in [1.82, 2.24) is 16.0 Å². The summed E-state index contributed by atoms with van der Waals surface area (Å²) in [6.07, 6.45) is 47.7. The van der Waals surface area contributed by atoms with E-state index in [0.717, 1.165) is 64.2 Å². The molecule has 0 fully saturated rings. The van der Waals surface area contributed by atoms with Gasteiger partial charge < -0.3 is 60.3 Å². The Hall–Kier alpha value is -2.60. The first-order valence-electron chi connectivity index (χ1n) is 36.8. The normalized spacial score (nSPS) is 13.0. The van der Waals surface area contributed by atoms with E-state index in [4.69, 9.17) is 34.2 Å². The van der Waals surface area contributed by atoms with Crippen molar-refractivity contribution in [2.75, 3.05) is 72.6 Å². The minimum Gasteiger partial charge on any atom is -0.444 e. The number of alkyl carbamates (subject to hydrolysis) is 1. The molecule has 4 amide bonds. The SMILES string of the molecule is CCCCCCCCCCCCCCCCCCOC(COC(=O)NCCCCCC(=O)NCCCC(C)(CC)OCCC(C)(C)OCCC(C)(C)C(C)(C)C(=O)NC(CO)(CO)COCCC(N)=O)OCCCCCCCCCCCCCCCCCC. The van der Waals surface area contributed by atoms with E-state index in [-0.39, 0.29) is 43.7 Å². The fourth-order valence-corrected chi connectivity index (χ4v) is 10.9. The summed E-state index contributed by atoms with van der Waals surface area (Å²) in [5.41, 5.74) is 1.48. The van der Waals surface area contributed by atoms with Gasteiger partial charge >= 0.3 is 6.09 Å². The zero-order valence-electron chi connectivity index (χ0n) is 59.6. The molecule has 16 heteroatoms. The van der Waals surface area contributed by atoms with Crippen LogP contribution in [0.1, 0.15) is 339 Å². The van der Waals surface area contributed by atoms with Crippen LogP contribution in [-0.4, -0.2) is 130 Å². The van der Waals surface area contributed by atoms with Crippen LogP contribution in [0.4, 0.5) is 4.79 Å². The van der Waals surface area contributed by atoms with E-state index in [9.17, 15) is 29.4 Å². The predicted octanol–water partition coefficient (Wildman–Crippen LogP) is 16.6. The molecule has 0 aliphatic rings. The number of amides is 4. The molecule has 0 aliphatic heterocycles. The number of aliphatic hydroxyl groups excluding tert-OH is 2. The molecule has 1 atom stereocenters. The number of carbonyl (C=O) groups excluding carboxylic acids is 4. The minimum atomic E-state index is -1.42. The quantitative estimate of drug-likeness (QED) is 0.0247. The molecule has 0 aromatic rings. The van der Waals surface area contributed by atoms with Crippen LogP contribution in [0, 0.1) is 10.8 Å².